The number of carbonyl (C=O) groups excluding carboxylic acids is 1. The number of nitrogens with zero attached hydrogens (tertiary/aromatic N) is 2. The number of amides is 1. The molecular formula is C17H16N2O6S. The molecule has 2 aromatic rings. The largest absolute Gasteiger partial charge is 0.479 e. The van der Waals surface area contributed by atoms with Crippen molar-refractivity contribution in [3.63, 3.8) is 0 Å². The Morgan fingerprint density at radius 3 is 2.65 bits per heavy atom. The molecule has 8 nitrogen and oxygen atoms in total. The van der Waals surface area contributed by atoms with Gasteiger partial charge in [0.15, 0.2) is 17.1 Å². The monoisotopic (exact) mass is 376 g/mol. The van der Waals surface area contributed by atoms with Crippen LogP contribution < -0.4 is 9.47 Å². The average Bonchev–Trinajstić information content (AvgIpc) is 3.30. The number of hydrogen-bond donors (Lipinski definition) is 2. The average molecular weight is 376 g/mol. The van der Waals surface area contributed by atoms with Crippen LogP contribution in [0.5, 0.6) is 11.5 Å². The topological polar surface area (TPSA) is 109 Å². The van der Waals surface area contributed by atoms with Crippen LogP contribution in [0.2, 0.25) is 0 Å². The number of benzene rings is 1. The fraction of sp³-hybridized carbons (Fsp3) is 0.353. The summed E-state index contributed by atoms with van der Waals surface area (Å²) in [6.45, 7) is 0.579. The molecule has 2 N–H and O–H groups in total. The molecule has 9 heteroatoms. The van der Waals surface area contributed by atoms with E-state index in [-0.39, 0.29) is 38.6 Å². The Labute approximate surface area is 152 Å². The summed E-state index contributed by atoms with van der Waals surface area (Å²) in [5.74, 6) is -0.121. The van der Waals surface area contributed by atoms with Gasteiger partial charge in [0, 0.05) is 31.5 Å². The Morgan fingerprint density at radius 1 is 1.19 bits per heavy atom. The second kappa shape index (κ2) is 6.26. The fourth-order valence-electron chi connectivity index (χ4n) is 2.99. The summed E-state index contributed by atoms with van der Waals surface area (Å²) < 4.78 is 10.6. The maximum absolute atomic E-state index is 12.6. The second-order valence-corrected chi connectivity index (χ2v) is 7.26. The van der Waals surface area contributed by atoms with Gasteiger partial charge in [-0.05, 0) is 18.2 Å². The number of aliphatic hydroxyl groups is 1. The van der Waals surface area contributed by atoms with Crippen molar-refractivity contribution in [1.82, 2.24) is 9.88 Å². The number of aromatic nitrogens is 1. The molecular weight excluding hydrogens is 360 g/mol. The zero-order chi connectivity index (χ0) is 18.3. The predicted octanol–water partition coefficient (Wildman–Crippen LogP) is 1.59. The lowest BCUT2D eigenvalue weighted by molar-refractivity contribution is -0.162. The first-order valence-corrected chi connectivity index (χ1v) is 8.89. The van der Waals surface area contributed by atoms with E-state index < -0.39 is 11.6 Å². The number of fused-ring (bicyclic) bond motifs is 1. The van der Waals surface area contributed by atoms with Gasteiger partial charge in [0.25, 0.3) is 5.91 Å². The molecule has 0 unspecified atom stereocenters. The highest BCUT2D eigenvalue weighted by molar-refractivity contribution is 7.16. The highest BCUT2D eigenvalue weighted by Crippen LogP contribution is 2.37. The maximum Gasteiger partial charge on any atom is 0.335 e. The molecule has 136 valence electrons. The molecule has 1 aromatic heterocycles. The summed E-state index contributed by atoms with van der Waals surface area (Å²) in [6, 6.07) is 5.48. The van der Waals surface area contributed by atoms with Gasteiger partial charge >= 0.3 is 5.97 Å². The molecule has 0 aliphatic carbocycles. The second-order valence-electron chi connectivity index (χ2n) is 6.23. The van der Waals surface area contributed by atoms with Crippen LogP contribution in [-0.2, 0) is 4.79 Å². The lowest BCUT2D eigenvalue weighted by Gasteiger charge is -2.35. The lowest BCUT2D eigenvalue weighted by atomic mass is 9.91. The molecule has 1 saturated heterocycles. The number of piperidine rings is 1. The molecule has 26 heavy (non-hydrogen) atoms. The third-order valence-corrected chi connectivity index (χ3v) is 5.65. The van der Waals surface area contributed by atoms with Crippen molar-refractivity contribution in [2.45, 2.75) is 18.4 Å². The van der Waals surface area contributed by atoms with Crippen LogP contribution in [0.25, 0.3) is 10.6 Å². The van der Waals surface area contributed by atoms with Gasteiger partial charge in [-0.25, -0.2) is 9.78 Å². The Balaban J connectivity index is 1.48. The molecule has 2 aliphatic heterocycles. The van der Waals surface area contributed by atoms with Crippen molar-refractivity contribution >= 4 is 23.2 Å². The van der Waals surface area contributed by atoms with Crippen molar-refractivity contribution in [3.8, 4) is 22.1 Å². The molecule has 1 fully saturated rings. The van der Waals surface area contributed by atoms with Crippen LogP contribution >= 0.6 is 11.3 Å². The molecule has 0 bridgehead atoms. The van der Waals surface area contributed by atoms with Gasteiger partial charge < -0.3 is 24.6 Å². The van der Waals surface area contributed by atoms with Crippen LogP contribution in [0.1, 0.15) is 22.5 Å². The van der Waals surface area contributed by atoms with E-state index in [1.54, 1.807) is 11.0 Å². The number of hydrogen-bond acceptors (Lipinski definition) is 7. The number of carboxylic acid groups (broad SMARTS) is 1. The van der Waals surface area contributed by atoms with Crippen LogP contribution in [0.3, 0.4) is 0 Å². The van der Waals surface area contributed by atoms with Gasteiger partial charge in [0.2, 0.25) is 6.79 Å². The highest BCUT2D eigenvalue weighted by atomic mass is 32.1. The maximum atomic E-state index is 12.6. The lowest BCUT2D eigenvalue weighted by Crippen LogP contribution is -2.50. The van der Waals surface area contributed by atoms with E-state index in [0.717, 1.165) is 5.56 Å². The molecule has 1 aromatic carbocycles. The van der Waals surface area contributed by atoms with E-state index in [1.165, 1.54) is 17.5 Å². The number of carboxylic acids is 1. The Bertz CT molecular complexity index is 872. The predicted molar refractivity (Wildman–Crippen MR) is 91.4 cm³/mol. The number of rotatable bonds is 3. The van der Waals surface area contributed by atoms with E-state index in [0.29, 0.717) is 21.4 Å². The van der Waals surface area contributed by atoms with Crippen LogP contribution in [-0.4, -0.2) is 57.5 Å². The van der Waals surface area contributed by atoms with Crippen molar-refractivity contribution in [2.24, 2.45) is 0 Å². The van der Waals surface area contributed by atoms with Crippen molar-refractivity contribution in [1.29, 1.82) is 0 Å². The number of likely N-dealkylation sites (tertiary alicyclic amines) is 1. The fourth-order valence-corrected chi connectivity index (χ4v) is 3.87. The first-order chi connectivity index (χ1) is 12.5. The summed E-state index contributed by atoms with van der Waals surface area (Å²) in [4.78, 5) is 30.1. The van der Waals surface area contributed by atoms with Crippen molar-refractivity contribution < 1.29 is 29.3 Å². The SMILES string of the molecule is O=C(c1cnc(-c2ccc3c(c2)OCO3)s1)N1CCC(O)(C(=O)O)CC1. The van der Waals surface area contributed by atoms with Gasteiger partial charge in [-0.3, -0.25) is 4.79 Å². The minimum absolute atomic E-state index is 0.0158. The number of aliphatic carboxylic acids is 1. The summed E-state index contributed by atoms with van der Waals surface area (Å²) in [5.41, 5.74) is -0.917. The molecule has 2 aliphatic rings. The zero-order valence-electron chi connectivity index (χ0n) is 13.7. The van der Waals surface area contributed by atoms with Gasteiger partial charge in [-0.1, -0.05) is 0 Å². The quantitative estimate of drug-likeness (QED) is 0.837. The van der Waals surface area contributed by atoms with Crippen molar-refractivity contribution in [2.75, 3.05) is 19.9 Å². The van der Waals surface area contributed by atoms with Gasteiger partial charge in [0.05, 0.1) is 6.20 Å². The number of thiazole rings is 1. The van der Waals surface area contributed by atoms with Crippen molar-refractivity contribution in [3.05, 3.63) is 29.3 Å². The van der Waals surface area contributed by atoms with E-state index in [4.69, 9.17) is 14.6 Å². The highest BCUT2D eigenvalue weighted by Gasteiger charge is 2.40. The Hall–Kier alpha value is -2.65. The molecule has 0 radical (unpaired) electrons. The first kappa shape index (κ1) is 16.8. The molecule has 1 amide bonds. The molecule has 0 spiro atoms. The van der Waals surface area contributed by atoms with E-state index >= 15 is 0 Å². The standard InChI is InChI=1S/C17H16N2O6S/c20-15(19-5-3-17(23,4-6-19)16(21)22)13-8-18-14(26-13)10-1-2-11-12(7-10)25-9-24-11/h1-2,7-8,23H,3-6,9H2,(H,21,22). The number of carbonyl (C=O) groups is 2. The summed E-state index contributed by atoms with van der Waals surface area (Å²) in [5, 5.41) is 19.7. The van der Waals surface area contributed by atoms with Gasteiger partial charge in [-0.15, -0.1) is 11.3 Å². The molecule has 3 heterocycles. The first-order valence-electron chi connectivity index (χ1n) is 8.07. The minimum atomic E-state index is -1.75. The molecule has 4 rings (SSSR count). The van der Waals surface area contributed by atoms with Crippen LogP contribution in [0, 0.1) is 0 Å². The summed E-state index contributed by atoms with van der Waals surface area (Å²) >= 11 is 1.26. The number of ether oxygens (including phenoxy) is 2. The zero-order valence-corrected chi connectivity index (χ0v) is 14.5. The van der Waals surface area contributed by atoms with Gasteiger partial charge in [0.1, 0.15) is 9.88 Å². The third kappa shape index (κ3) is 2.89. The molecule has 0 saturated carbocycles. The summed E-state index contributed by atoms with van der Waals surface area (Å²) in [6.07, 6.45) is 1.55. The smallest absolute Gasteiger partial charge is 0.335 e. The normalized spacial score (nSPS) is 18.0. The minimum Gasteiger partial charge on any atom is -0.479 e. The molecule has 0 atom stereocenters. The van der Waals surface area contributed by atoms with Crippen LogP contribution in [0.15, 0.2) is 24.4 Å². The van der Waals surface area contributed by atoms with E-state index in [9.17, 15) is 14.7 Å². The summed E-state index contributed by atoms with van der Waals surface area (Å²) in [7, 11) is 0. The Kier molecular flexibility index (Phi) is 4.04. The van der Waals surface area contributed by atoms with E-state index in [1.807, 2.05) is 12.1 Å². The van der Waals surface area contributed by atoms with E-state index in [2.05, 4.69) is 4.98 Å². The Morgan fingerprint density at radius 2 is 1.92 bits per heavy atom. The van der Waals surface area contributed by atoms with Gasteiger partial charge in [-0.2, -0.15) is 0 Å². The van der Waals surface area contributed by atoms with Crippen LogP contribution in [0.4, 0.5) is 0 Å². The third-order valence-electron chi connectivity index (χ3n) is 4.61.